The van der Waals surface area contributed by atoms with Gasteiger partial charge < -0.3 is 9.84 Å². The van der Waals surface area contributed by atoms with Crippen LogP contribution in [0.25, 0.3) is 0 Å². The van der Waals surface area contributed by atoms with E-state index in [0.717, 1.165) is 29.9 Å². The maximum Gasteiger partial charge on any atom is 0.303 e. The normalized spacial score (nSPS) is 19.1. The zero-order chi connectivity index (χ0) is 13.5. The Kier molecular flexibility index (Phi) is 5.58. The van der Waals surface area contributed by atoms with E-state index in [1.54, 1.807) is 0 Å². The van der Waals surface area contributed by atoms with E-state index < -0.39 is 5.97 Å². The molecule has 1 aliphatic rings. The molecule has 0 aliphatic carbocycles. The lowest BCUT2D eigenvalue weighted by Gasteiger charge is -2.24. The molecule has 1 atom stereocenters. The van der Waals surface area contributed by atoms with Crippen molar-refractivity contribution in [1.29, 1.82) is 0 Å². The summed E-state index contributed by atoms with van der Waals surface area (Å²) in [6.45, 7) is 0. The number of thioether (sulfide) groups is 1. The van der Waals surface area contributed by atoms with E-state index in [1.165, 1.54) is 12.2 Å². The van der Waals surface area contributed by atoms with Gasteiger partial charge in [0.2, 0.25) is 0 Å². The van der Waals surface area contributed by atoms with Crippen LogP contribution in [0.2, 0.25) is 0 Å². The largest absolute Gasteiger partial charge is 0.489 e. The minimum atomic E-state index is -0.734. The lowest BCUT2D eigenvalue weighted by Crippen LogP contribution is -2.23. The van der Waals surface area contributed by atoms with Gasteiger partial charge in [-0.2, -0.15) is 11.8 Å². The van der Waals surface area contributed by atoms with Crippen molar-refractivity contribution < 1.29 is 14.6 Å². The minimum absolute atomic E-state index is 0.216. The topological polar surface area (TPSA) is 46.5 Å². The molecule has 19 heavy (non-hydrogen) atoms. The van der Waals surface area contributed by atoms with Crippen LogP contribution in [0.15, 0.2) is 24.3 Å². The molecule has 1 aliphatic heterocycles. The third-order valence-corrected chi connectivity index (χ3v) is 4.41. The van der Waals surface area contributed by atoms with Crippen LogP contribution in [0.4, 0.5) is 0 Å². The molecule has 3 nitrogen and oxygen atoms in total. The fourth-order valence-electron chi connectivity index (χ4n) is 2.24. The van der Waals surface area contributed by atoms with Gasteiger partial charge in [-0.1, -0.05) is 18.2 Å². The van der Waals surface area contributed by atoms with Gasteiger partial charge in [0.25, 0.3) is 0 Å². The van der Waals surface area contributed by atoms with Gasteiger partial charge in [0.05, 0.1) is 0 Å². The summed E-state index contributed by atoms with van der Waals surface area (Å²) in [7, 11) is 0. The van der Waals surface area contributed by atoms with Crippen LogP contribution in [0.3, 0.4) is 0 Å². The van der Waals surface area contributed by atoms with E-state index in [4.69, 9.17) is 9.84 Å². The van der Waals surface area contributed by atoms with Crippen LogP contribution in [-0.2, 0) is 11.2 Å². The first-order valence-corrected chi connectivity index (χ1v) is 7.95. The van der Waals surface area contributed by atoms with Gasteiger partial charge in [0.15, 0.2) is 0 Å². The molecule has 0 bridgehead atoms. The molecule has 0 saturated carbocycles. The Labute approximate surface area is 118 Å². The van der Waals surface area contributed by atoms with Gasteiger partial charge in [-0.25, -0.2) is 0 Å². The maximum atomic E-state index is 10.6. The average molecular weight is 280 g/mol. The highest BCUT2D eigenvalue weighted by molar-refractivity contribution is 7.99. The number of aryl methyl sites for hydroxylation is 1. The number of carbonyl (C=O) groups is 1. The van der Waals surface area contributed by atoms with Crippen molar-refractivity contribution in [1.82, 2.24) is 0 Å². The van der Waals surface area contributed by atoms with Crippen LogP contribution in [0, 0.1) is 0 Å². The molecule has 1 heterocycles. The number of ether oxygens (including phenoxy) is 1. The SMILES string of the molecule is O=C(O)CCCc1ccccc1OC1CCCSC1. The number of hydrogen-bond donors (Lipinski definition) is 1. The van der Waals surface area contributed by atoms with Crippen LogP contribution in [-0.4, -0.2) is 28.7 Å². The van der Waals surface area contributed by atoms with Crippen molar-refractivity contribution in [2.75, 3.05) is 11.5 Å². The zero-order valence-corrected chi connectivity index (χ0v) is 11.8. The number of rotatable bonds is 6. The van der Waals surface area contributed by atoms with E-state index in [1.807, 2.05) is 36.0 Å². The molecule has 0 aromatic heterocycles. The molecular formula is C15H20O3S. The Bertz CT molecular complexity index is 414. The summed E-state index contributed by atoms with van der Waals surface area (Å²) in [5.41, 5.74) is 1.12. The van der Waals surface area contributed by atoms with Crippen molar-refractivity contribution in [2.24, 2.45) is 0 Å². The smallest absolute Gasteiger partial charge is 0.303 e. The summed E-state index contributed by atoms with van der Waals surface area (Å²) < 4.78 is 6.08. The molecule has 0 radical (unpaired) electrons. The minimum Gasteiger partial charge on any atom is -0.489 e. The molecule has 1 fully saturated rings. The van der Waals surface area contributed by atoms with Gasteiger partial charge in [-0.15, -0.1) is 0 Å². The third-order valence-electron chi connectivity index (χ3n) is 3.22. The summed E-state index contributed by atoms with van der Waals surface area (Å²) >= 11 is 1.95. The van der Waals surface area contributed by atoms with E-state index in [2.05, 4.69) is 0 Å². The summed E-state index contributed by atoms with van der Waals surface area (Å²) in [5, 5.41) is 8.69. The van der Waals surface area contributed by atoms with Crippen molar-refractivity contribution in [3.05, 3.63) is 29.8 Å². The summed E-state index contributed by atoms with van der Waals surface area (Å²) in [4.78, 5) is 10.6. The number of carboxylic acid groups (broad SMARTS) is 1. The number of benzene rings is 1. The molecule has 1 N–H and O–H groups in total. The first kappa shape index (κ1) is 14.3. The molecule has 104 valence electrons. The number of carboxylic acids is 1. The third kappa shape index (κ3) is 4.78. The Balaban J connectivity index is 1.93. The molecule has 1 aromatic rings. The summed E-state index contributed by atoms with van der Waals surface area (Å²) in [6, 6.07) is 7.99. The predicted molar refractivity (Wildman–Crippen MR) is 78.0 cm³/mol. The van der Waals surface area contributed by atoms with Crippen molar-refractivity contribution in [3.8, 4) is 5.75 Å². The predicted octanol–water partition coefficient (Wildman–Crippen LogP) is 3.37. The first-order chi connectivity index (χ1) is 9.25. The number of para-hydroxylation sites is 1. The lowest BCUT2D eigenvalue weighted by atomic mass is 10.1. The molecule has 1 saturated heterocycles. The lowest BCUT2D eigenvalue weighted by molar-refractivity contribution is -0.137. The van der Waals surface area contributed by atoms with Gasteiger partial charge in [0.1, 0.15) is 11.9 Å². The monoisotopic (exact) mass is 280 g/mol. The van der Waals surface area contributed by atoms with E-state index in [-0.39, 0.29) is 6.42 Å². The van der Waals surface area contributed by atoms with E-state index >= 15 is 0 Å². The van der Waals surface area contributed by atoms with E-state index in [0.29, 0.717) is 12.5 Å². The van der Waals surface area contributed by atoms with E-state index in [9.17, 15) is 4.79 Å². The Morgan fingerprint density at radius 1 is 1.42 bits per heavy atom. The highest BCUT2D eigenvalue weighted by atomic mass is 32.2. The molecule has 1 unspecified atom stereocenters. The van der Waals surface area contributed by atoms with Crippen molar-refractivity contribution >= 4 is 17.7 Å². The molecule has 0 spiro atoms. The van der Waals surface area contributed by atoms with Crippen LogP contribution in [0.1, 0.15) is 31.2 Å². The molecular weight excluding hydrogens is 260 g/mol. The molecule has 4 heteroatoms. The second kappa shape index (κ2) is 7.43. The van der Waals surface area contributed by atoms with Gasteiger partial charge in [-0.3, -0.25) is 4.79 Å². The second-order valence-corrected chi connectivity index (χ2v) is 5.96. The summed E-state index contributed by atoms with van der Waals surface area (Å²) in [5.74, 6) is 2.49. The van der Waals surface area contributed by atoms with Gasteiger partial charge in [-0.05, 0) is 43.1 Å². The Morgan fingerprint density at radius 3 is 3.00 bits per heavy atom. The maximum absolute atomic E-state index is 10.6. The fourth-order valence-corrected chi connectivity index (χ4v) is 3.27. The molecule has 0 amide bonds. The highest BCUT2D eigenvalue weighted by Crippen LogP contribution is 2.26. The van der Waals surface area contributed by atoms with Crippen molar-refractivity contribution in [3.63, 3.8) is 0 Å². The Hall–Kier alpha value is -1.16. The van der Waals surface area contributed by atoms with Crippen molar-refractivity contribution in [2.45, 2.75) is 38.2 Å². The average Bonchev–Trinajstić information content (AvgIpc) is 2.41. The fraction of sp³-hybridized carbons (Fsp3) is 0.533. The molecule has 1 aromatic carbocycles. The standard InChI is InChI=1S/C15H20O3S/c16-15(17)9-3-6-12-5-1-2-8-14(12)18-13-7-4-10-19-11-13/h1-2,5,8,13H,3-4,6-7,9-11H2,(H,16,17). The Morgan fingerprint density at radius 2 is 2.26 bits per heavy atom. The van der Waals surface area contributed by atoms with Gasteiger partial charge >= 0.3 is 5.97 Å². The quantitative estimate of drug-likeness (QED) is 0.868. The van der Waals surface area contributed by atoms with Gasteiger partial charge in [0, 0.05) is 12.2 Å². The van der Waals surface area contributed by atoms with Crippen LogP contribution < -0.4 is 4.74 Å². The number of hydrogen-bond acceptors (Lipinski definition) is 3. The summed E-state index contributed by atoms with van der Waals surface area (Å²) in [6.07, 6.45) is 4.29. The second-order valence-electron chi connectivity index (χ2n) is 4.81. The first-order valence-electron chi connectivity index (χ1n) is 6.80. The highest BCUT2D eigenvalue weighted by Gasteiger charge is 2.16. The van der Waals surface area contributed by atoms with Crippen LogP contribution in [0.5, 0.6) is 5.75 Å². The molecule has 2 rings (SSSR count). The number of aliphatic carboxylic acids is 1. The zero-order valence-electron chi connectivity index (χ0n) is 11.0. The van der Waals surface area contributed by atoms with Crippen LogP contribution >= 0.6 is 11.8 Å².